The molecule has 1 aliphatic heterocycles. The second kappa shape index (κ2) is 7.05. The Hall–Kier alpha value is -2.69. The van der Waals surface area contributed by atoms with Gasteiger partial charge >= 0.3 is 0 Å². The quantitative estimate of drug-likeness (QED) is 0.847. The smallest absolute Gasteiger partial charge is 0.247 e. The van der Waals surface area contributed by atoms with Gasteiger partial charge in [-0.25, -0.2) is 8.78 Å². The van der Waals surface area contributed by atoms with Crippen molar-refractivity contribution in [2.45, 2.75) is 19.8 Å². The molecule has 0 radical (unpaired) electrons. The number of halogens is 2. The van der Waals surface area contributed by atoms with Crippen LogP contribution >= 0.6 is 0 Å². The Morgan fingerprint density at radius 1 is 1.16 bits per heavy atom. The van der Waals surface area contributed by atoms with E-state index in [1.54, 1.807) is 13.2 Å². The molecule has 3 nitrogen and oxygen atoms in total. The third-order valence-corrected chi connectivity index (χ3v) is 4.42. The molecule has 0 bridgehead atoms. The number of methoxy groups -OCH3 is 1. The average molecular weight is 343 g/mol. The fourth-order valence-corrected chi connectivity index (χ4v) is 2.97. The zero-order chi connectivity index (χ0) is 18.0. The molecule has 3 rings (SSSR count). The summed E-state index contributed by atoms with van der Waals surface area (Å²) >= 11 is 0. The monoisotopic (exact) mass is 343 g/mol. The highest BCUT2D eigenvalue weighted by atomic mass is 19.2. The lowest BCUT2D eigenvalue weighted by atomic mass is 9.93. The van der Waals surface area contributed by atoms with E-state index in [0.29, 0.717) is 29.9 Å². The molecule has 0 spiro atoms. The van der Waals surface area contributed by atoms with Gasteiger partial charge in [0.05, 0.1) is 7.11 Å². The summed E-state index contributed by atoms with van der Waals surface area (Å²) in [5, 5.41) is 2.83. The van der Waals surface area contributed by atoms with E-state index in [2.05, 4.69) is 5.32 Å². The molecule has 0 aliphatic carbocycles. The zero-order valence-corrected chi connectivity index (χ0v) is 14.2. The summed E-state index contributed by atoms with van der Waals surface area (Å²) in [4.78, 5) is 12.0. The standard InChI is InChI=1S/C20H19F2NO2/c1-12-15(8-14-4-3-7-23-20(14)24)9-16(25-2)11-17(12)13-5-6-18(21)19(22)10-13/h5-6,8-11H,3-4,7H2,1-2H3,(H,23,24)/b14-8+. The summed E-state index contributed by atoms with van der Waals surface area (Å²) in [6.45, 7) is 2.58. The molecule has 5 heteroatoms. The third-order valence-electron chi connectivity index (χ3n) is 4.42. The van der Waals surface area contributed by atoms with Crippen LogP contribution < -0.4 is 10.1 Å². The number of ether oxygens (including phenoxy) is 1. The van der Waals surface area contributed by atoms with E-state index in [1.165, 1.54) is 12.1 Å². The maximum atomic E-state index is 13.6. The number of carbonyl (C=O) groups excluding carboxylic acids is 1. The Morgan fingerprint density at radius 2 is 1.96 bits per heavy atom. The van der Waals surface area contributed by atoms with Crippen molar-refractivity contribution in [3.8, 4) is 16.9 Å². The molecule has 130 valence electrons. The van der Waals surface area contributed by atoms with E-state index < -0.39 is 11.6 Å². The number of rotatable bonds is 3. The second-order valence-corrected chi connectivity index (χ2v) is 6.05. The van der Waals surface area contributed by atoms with Crippen LogP contribution in [0.5, 0.6) is 5.75 Å². The van der Waals surface area contributed by atoms with Crippen LogP contribution in [0.2, 0.25) is 0 Å². The van der Waals surface area contributed by atoms with E-state index in [9.17, 15) is 13.6 Å². The van der Waals surface area contributed by atoms with Crippen molar-refractivity contribution in [2.75, 3.05) is 13.7 Å². The van der Waals surface area contributed by atoms with Gasteiger partial charge in [-0.05, 0) is 72.4 Å². The van der Waals surface area contributed by atoms with Crippen molar-refractivity contribution in [3.63, 3.8) is 0 Å². The number of benzene rings is 2. The van der Waals surface area contributed by atoms with Gasteiger partial charge < -0.3 is 10.1 Å². The van der Waals surface area contributed by atoms with E-state index in [1.807, 2.05) is 19.1 Å². The molecule has 1 saturated heterocycles. The maximum absolute atomic E-state index is 13.6. The van der Waals surface area contributed by atoms with Crippen molar-refractivity contribution in [1.82, 2.24) is 5.32 Å². The summed E-state index contributed by atoms with van der Waals surface area (Å²) in [6.07, 6.45) is 3.45. The maximum Gasteiger partial charge on any atom is 0.247 e. The molecular formula is C20H19F2NO2. The second-order valence-electron chi connectivity index (χ2n) is 6.05. The molecule has 1 N–H and O–H groups in total. The Morgan fingerprint density at radius 3 is 2.64 bits per heavy atom. The number of hydrogen-bond donors (Lipinski definition) is 1. The van der Waals surface area contributed by atoms with Gasteiger partial charge in [-0.1, -0.05) is 6.07 Å². The predicted molar refractivity (Wildman–Crippen MR) is 93.3 cm³/mol. The van der Waals surface area contributed by atoms with Gasteiger partial charge in [-0.15, -0.1) is 0 Å². The number of amides is 1. The Kier molecular flexibility index (Phi) is 4.83. The molecule has 2 aromatic carbocycles. The summed E-state index contributed by atoms with van der Waals surface area (Å²) in [5.41, 5.74) is 3.70. The van der Waals surface area contributed by atoms with Crippen molar-refractivity contribution in [1.29, 1.82) is 0 Å². The SMILES string of the molecule is COc1cc(/C=C2\CCCNC2=O)c(C)c(-c2ccc(F)c(F)c2)c1. The minimum absolute atomic E-state index is 0.0668. The first-order chi connectivity index (χ1) is 12.0. The van der Waals surface area contributed by atoms with Crippen LogP contribution in [-0.2, 0) is 4.79 Å². The topological polar surface area (TPSA) is 38.3 Å². The summed E-state index contributed by atoms with van der Waals surface area (Å²) in [6, 6.07) is 7.43. The Bertz CT molecular complexity index is 859. The van der Waals surface area contributed by atoms with E-state index >= 15 is 0 Å². The first-order valence-corrected chi connectivity index (χ1v) is 8.12. The Balaban J connectivity index is 2.12. The third kappa shape index (κ3) is 3.55. The number of nitrogens with one attached hydrogen (secondary N) is 1. The predicted octanol–water partition coefficient (Wildman–Crippen LogP) is 4.24. The Labute approximate surface area is 145 Å². The summed E-state index contributed by atoms with van der Waals surface area (Å²) in [7, 11) is 1.55. The van der Waals surface area contributed by atoms with Gasteiger partial charge in [-0.2, -0.15) is 0 Å². The van der Waals surface area contributed by atoms with Gasteiger partial charge in [-0.3, -0.25) is 4.79 Å². The molecule has 1 aliphatic rings. The van der Waals surface area contributed by atoms with Crippen LogP contribution in [0.1, 0.15) is 24.0 Å². The largest absolute Gasteiger partial charge is 0.497 e. The fourth-order valence-electron chi connectivity index (χ4n) is 2.97. The molecule has 1 heterocycles. The minimum atomic E-state index is -0.897. The van der Waals surface area contributed by atoms with Gasteiger partial charge in [0.1, 0.15) is 5.75 Å². The highest BCUT2D eigenvalue weighted by molar-refractivity contribution is 5.99. The van der Waals surface area contributed by atoms with Crippen LogP contribution in [0.15, 0.2) is 35.9 Å². The van der Waals surface area contributed by atoms with Crippen molar-refractivity contribution < 1.29 is 18.3 Å². The van der Waals surface area contributed by atoms with Crippen LogP contribution in [0.3, 0.4) is 0 Å². The van der Waals surface area contributed by atoms with Crippen LogP contribution in [0, 0.1) is 18.6 Å². The molecule has 1 amide bonds. The van der Waals surface area contributed by atoms with Crippen molar-refractivity contribution >= 4 is 12.0 Å². The summed E-state index contributed by atoms with van der Waals surface area (Å²) in [5.74, 6) is -1.26. The fraction of sp³-hybridized carbons (Fsp3) is 0.250. The van der Waals surface area contributed by atoms with E-state index in [4.69, 9.17) is 4.74 Å². The summed E-state index contributed by atoms with van der Waals surface area (Å²) < 4.78 is 32.2. The van der Waals surface area contributed by atoms with Crippen LogP contribution in [-0.4, -0.2) is 19.6 Å². The highest BCUT2D eigenvalue weighted by Crippen LogP contribution is 2.33. The highest BCUT2D eigenvalue weighted by Gasteiger charge is 2.16. The van der Waals surface area contributed by atoms with Crippen molar-refractivity contribution in [2.24, 2.45) is 0 Å². The molecule has 0 aromatic heterocycles. The number of hydrogen-bond acceptors (Lipinski definition) is 2. The lowest BCUT2D eigenvalue weighted by molar-refractivity contribution is -0.118. The molecule has 0 unspecified atom stereocenters. The molecular weight excluding hydrogens is 324 g/mol. The first kappa shape index (κ1) is 17.1. The van der Waals surface area contributed by atoms with Crippen LogP contribution in [0.25, 0.3) is 17.2 Å². The lowest BCUT2D eigenvalue weighted by Crippen LogP contribution is -2.30. The van der Waals surface area contributed by atoms with Gasteiger partial charge in [0.25, 0.3) is 0 Å². The van der Waals surface area contributed by atoms with Gasteiger partial charge in [0, 0.05) is 12.1 Å². The molecule has 1 fully saturated rings. The first-order valence-electron chi connectivity index (χ1n) is 8.12. The van der Waals surface area contributed by atoms with Crippen LogP contribution in [0.4, 0.5) is 8.78 Å². The minimum Gasteiger partial charge on any atom is -0.497 e. The van der Waals surface area contributed by atoms with Crippen molar-refractivity contribution in [3.05, 3.63) is 58.7 Å². The normalized spacial score (nSPS) is 16.0. The van der Waals surface area contributed by atoms with E-state index in [-0.39, 0.29) is 5.91 Å². The molecule has 0 atom stereocenters. The zero-order valence-electron chi connectivity index (χ0n) is 14.2. The average Bonchev–Trinajstić information content (AvgIpc) is 2.61. The number of carbonyl (C=O) groups is 1. The molecule has 0 saturated carbocycles. The lowest BCUT2D eigenvalue weighted by Gasteiger charge is -2.17. The number of piperidine rings is 1. The molecule has 2 aromatic rings. The van der Waals surface area contributed by atoms with Gasteiger partial charge in [0.2, 0.25) is 5.91 Å². The van der Waals surface area contributed by atoms with Gasteiger partial charge in [0.15, 0.2) is 11.6 Å². The van der Waals surface area contributed by atoms with E-state index in [0.717, 1.165) is 29.2 Å². The molecule has 25 heavy (non-hydrogen) atoms.